The lowest BCUT2D eigenvalue weighted by Crippen LogP contribution is -2.17. The van der Waals surface area contributed by atoms with E-state index in [4.69, 9.17) is 4.74 Å². The Morgan fingerprint density at radius 3 is 2.35 bits per heavy atom. The lowest BCUT2D eigenvalue weighted by Gasteiger charge is -2.11. The molecule has 5 nitrogen and oxygen atoms in total. The van der Waals surface area contributed by atoms with Crippen LogP contribution in [0.2, 0.25) is 0 Å². The van der Waals surface area contributed by atoms with E-state index < -0.39 is 5.97 Å². The number of benzene rings is 3. The Kier molecular flexibility index (Phi) is 9.83. The Morgan fingerprint density at radius 2 is 1.59 bits per heavy atom. The van der Waals surface area contributed by atoms with Gasteiger partial charge in [0, 0.05) is 12.0 Å². The van der Waals surface area contributed by atoms with Crippen molar-refractivity contribution in [3.05, 3.63) is 77.4 Å². The third-order valence-corrected chi connectivity index (χ3v) is 5.81. The number of carbonyl (C=O) groups is 2. The van der Waals surface area contributed by atoms with Crippen molar-refractivity contribution in [1.82, 2.24) is 5.43 Å². The number of hydrogen-bond acceptors (Lipinski definition) is 4. The number of esters is 1. The first-order valence-electron chi connectivity index (χ1n) is 12.2. The molecule has 0 saturated heterocycles. The minimum atomic E-state index is -0.437. The molecule has 0 heterocycles. The summed E-state index contributed by atoms with van der Waals surface area (Å²) >= 11 is 0. The molecule has 0 aliphatic carbocycles. The van der Waals surface area contributed by atoms with E-state index in [1.165, 1.54) is 32.1 Å². The summed E-state index contributed by atoms with van der Waals surface area (Å²) in [5, 5.41) is 6.05. The van der Waals surface area contributed by atoms with Crippen LogP contribution in [0.4, 0.5) is 0 Å². The van der Waals surface area contributed by atoms with Crippen LogP contribution in [0.5, 0.6) is 5.75 Å². The summed E-state index contributed by atoms with van der Waals surface area (Å²) < 4.78 is 5.71. The zero-order valence-corrected chi connectivity index (χ0v) is 20.2. The lowest BCUT2D eigenvalue weighted by molar-refractivity contribution is -0.121. The number of nitrogens with zero attached hydrogens (tertiary/aromatic N) is 1. The minimum absolute atomic E-state index is 0.108. The van der Waals surface area contributed by atoms with E-state index in [1.807, 2.05) is 49.4 Å². The fraction of sp³-hybridized carbons (Fsp3) is 0.345. The number of hydrogen-bond donors (Lipinski definition) is 1. The monoisotopic (exact) mass is 458 g/mol. The Morgan fingerprint density at radius 1 is 0.882 bits per heavy atom. The molecule has 34 heavy (non-hydrogen) atoms. The Hall–Kier alpha value is -3.47. The van der Waals surface area contributed by atoms with Crippen LogP contribution in [0.3, 0.4) is 0 Å². The van der Waals surface area contributed by atoms with E-state index in [9.17, 15) is 9.59 Å². The van der Waals surface area contributed by atoms with Gasteiger partial charge in [-0.3, -0.25) is 4.79 Å². The third-order valence-electron chi connectivity index (χ3n) is 5.81. The van der Waals surface area contributed by atoms with E-state index >= 15 is 0 Å². The number of rotatable bonds is 12. The van der Waals surface area contributed by atoms with Crippen molar-refractivity contribution >= 4 is 28.9 Å². The molecule has 178 valence electrons. The highest BCUT2D eigenvalue weighted by atomic mass is 16.5. The van der Waals surface area contributed by atoms with Gasteiger partial charge >= 0.3 is 5.97 Å². The van der Waals surface area contributed by atoms with Crippen LogP contribution in [0.25, 0.3) is 10.8 Å². The molecule has 0 spiro atoms. The first-order chi connectivity index (χ1) is 16.6. The van der Waals surface area contributed by atoms with Gasteiger partial charge in [-0.25, -0.2) is 10.2 Å². The Balaban J connectivity index is 1.64. The molecular formula is C29H34N2O3. The SMILES string of the molecule is CCCCCCCCCC(=O)N/N=C/c1c(OC(=O)c2ccc(C)cc2)ccc2ccccc12. The van der Waals surface area contributed by atoms with E-state index in [2.05, 4.69) is 17.5 Å². The van der Waals surface area contributed by atoms with E-state index in [0.29, 0.717) is 23.3 Å². The quantitative estimate of drug-likeness (QED) is 0.105. The van der Waals surface area contributed by atoms with Crippen LogP contribution in [0.1, 0.15) is 79.8 Å². The number of unbranched alkanes of at least 4 members (excludes halogenated alkanes) is 6. The van der Waals surface area contributed by atoms with Crippen molar-refractivity contribution in [3.63, 3.8) is 0 Å². The fourth-order valence-electron chi connectivity index (χ4n) is 3.81. The molecule has 3 aromatic carbocycles. The minimum Gasteiger partial charge on any atom is -0.422 e. The number of ether oxygens (including phenoxy) is 1. The van der Waals surface area contributed by atoms with Gasteiger partial charge in [-0.1, -0.05) is 93.5 Å². The molecule has 1 N–H and O–H groups in total. The van der Waals surface area contributed by atoms with Crippen molar-refractivity contribution in [2.75, 3.05) is 0 Å². The van der Waals surface area contributed by atoms with Gasteiger partial charge in [0.05, 0.1) is 11.8 Å². The fourth-order valence-corrected chi connectivity index (χ4v) is 3.81. The summed E-state index contributed by atoms with van der Waals surface area (Å²) in [6.45, 7) is 4.18. The topological polar surface area (TPSA) is 67.8 Å². The smallest absolute Gasteiger partial charge is 0.343 e. The van der Waals surface area contributed by atoms with Crippen molar-refractivity contribution < 1.29 is 14.3 Å². The molecule has 0 fully saturated rings. The molecule has 0 aliphatic heterocycles. The number of aryl methyl sites for hydroxylation is 1. The summed E-state index contributed by atoms with van der Waals surface area (Å²) in [4.78, 5) is 24.9. The van der Waals surface area contributed by atoms with Gasteiger partial charge in [0.15, 0.2) is 0 Å². The zero-order chi connectivity index (χ0) is 24.2. The molecular weight excluding hydrogens is 424 g/mol. The second-order valence-electron chi connectivity index (χ2n) is 8.62. The summed E-state index contributed by atoms with van der Waals surface area (Å²) in [6, 6.07) is 18.7. The normalized spacial score (nSPS) is 11.1. The molecule has 0 saturated carbocycles. The van der Waals surface area contributed by atoms with Gasteiger partial charge in [0.1, 0.15) is 5.75 Å². The number of hydrazone groups is 1. The van der Waals surface area contributed by atoms with Gasteiger partial charge < -0.3 is 4.74 Å². The average molecular weight is 459 g/mol. The first kappa shape index (κ1) is 25.2. The maximum atomic E-state index is 12.7. The molecule has 0 aromatic heterocycles. The summed E-state index contributed by atoms with van der Waals surface area (Å²) in [5.74, 6) is -0.148. The number of fused-ring (bicyclic) bond motifs is 1. The van der Waals surface area contributed by atoms with Crippen LogP contribution in [0.15, 0.2) is 65.8 Å². The standard InChI is InChI=1S/C29H34N2O3/c1-3-4-5-6-7-8-9-14-28(32)31-30-21-26-25-13-11-10-12-23(25)19-20-27(26)34-29(33)24-17-15-22(2)16-18-24/h10-13,15-21H,3-9,14H2,1-2H3,(H,31,32)/b30-21+. The number of carbonyl (C=O) groups excluding carboxylic acids is 2. The molecule has 5 heteroatoms. The molecule has 3 aromatic rings. The van der Waals surface area contributed by atoms with E-state index in [-0.39, 0.29) is 5.91 Å². The summed E-state index contributed by atoms with van der Waals surface area (Å²) in [5.41, 5.74) is 4.81. The van der Waals surface area contributed by atoms with Crippen molar-refractivity contribution in [2.45, 2.75) is 65.2 Å². The van der Waals surface area contributed by atoms with Crippen LogP contribution >= 0.6 is 0 Å². The Labute approximate surface area is 202 Å². The molecule has 0 unspecified atom stereocenters. The number of amides is 1. The second-order valence-corrected chi connectivity index (χ2v) is 8.62. The lowest BCUT2D eigenvalue weighted by atomic mass is 10.0. The van der Waals surface area contributed by atoms with Gasteiger partial charge in [-0.2, -0.15) is 5.10 Å². The van der Waals surface area contributed by atoms with Gasteiger partial charge in [-0.05, 0) is 42.3 Å². The summed E-state index contributed by atoms with van der Waals surface area (Å²) in [7, 11) is 0. The molecule has 0 bridgehead atoms. The highest BCUT2D eigenvalue weighted by Crippen LogP contribution is 2.27. The third kappa shape index (κ3) is 7.55. The van der Waals surface area contributed by atoms with Crippen LogP contribution in [0, 0.1) is 6.92 Å². The second kappa shape index (κ2) is 13.3. The molecule has 0 aliphatic rings. The van der Waals surface area contributed by atoms with Gasteiger partial charge in [0.2, 0.25) is 5.91 Å². The average Bonchev–Trinajstić information content (AvgIpc) is 2.85. The zero-order valence-electron chi connectivity index (χ0n) is 20.2. The highest BCUT2D eigenvalue weighted by Gasteiger charge is 2.13. The van der Waals surface area contributed by atoms with Crippen molar-refractivity contribution in [3.8, 4) is 5.75 Å². The van der Waals surface area contributed by atoms with E-state index in [0.717, 1.165) is 29.2 Å². The van der Waals surface area contributed by atoms with Crippen molar-refractivity contribution in [1.29, 1.82) is 0 Å². The predicted octanol–water partition coefficient (Wildman–Crippen LogP) is 6.96. The van der Waals surface area contributed by atoms with Crippen molar-refractivity contribution in [2.24, 2.45) is 5.10 Å². The highest BCUT2D eigenvalue weighted by molar-refractivity contribution is 6.04. The largest absolute Gasteiger partial charge is 0.422 e. The van der Waals surface area contributed by atoms with Crippen LogP contribution in [-0.2, 0) is 4.79 Å². The number of nitrogens with one attached hydrogen (secondary N) is 1. The van der Waals surface area contributed by atoms with Gasteiger partial charge in [0.25, 0.3) is 0 Å². The molecule has 0 atom stereocenters. The maximum Gasteiger partial charge on any atom is 0.343 e. The summed E-state index contributed by atoms with van der Waals surface area (Å²) in [6.07, 6.45) is 10.1. The van der Waals surface area contributed by atoms with Crippen LogP contribution < -0.4 is 10.2 Å². The Bertz CT molecular complexity index is 1120. The van der Waals surface area contributed by atoms with E-state index in [1.54, 1.807) is 24.4 Å². The maximum absolute atomic E-state index is 12.7. The predicted molar refractivity (Wildman–Crippen MR) is 138 cm³/mol. The molecule has 3 rings (SSSR count). The molecule has 0 radical (unpaired) electrons. The first-order valence-corrected chi connectivity index (χ1v) is 12.2. The molecule has 1 amide bonds. The van der Waals surface area contributed by atoms with Crippen LogP contribution in [-0.4, -0.2) is 18.1 Å². The van der Waals surface area contributed by atoms with Gasteiger partial charge in [-0.15, -0.1) is 0 Å².